The van der Waals surface area contributed by atoms with Gasteiger partial charge in [0.1, 0.15) is 0 Å². The van der Waals surface area contributed by atoms with E-state index in [9.17, 15) is 19.5 Å². The standard InChI is InChI=1S/C23H26N4O4/c1-14-12-26(23(30)31)21-11-18(7-8-20(21)27(14)15(2)28)16-3-5-17(6-4-16)22(29)25-10-9-19(24)13-25/h3-8,11,14,19H,9-10,12-13,24H2,1-2H3,(H,30,31)/t14-,19-/m0/s1. The highest BCUT2D eigenvalue weighted by atomic mass is 16.4. The molecule has 2 aromatic carbocycles. The highest BCUT2D eigenvalue weighted by Gasteiger charge is 2.33. The number of hydrogen-bond donors (Lipinski definition) is 2. The lowest BCUT2D eigenvalue weighted by molar-refractivity contribution is -0.117. The molecule has 8 heteroatoms. The van der Waals surface area contributed by atoms with Crippen molar-refractivity contribution in [1.82, 2.24) is 4.90 Å². The van der Waals surface area contributed by atoms with Gasteiger partial charge in [-0.05, 0) is 48.7 Å². The first-order valence-corrected chi connectivity index (χ1v) is 10.4. The number of anilines is 2. The molecule has 3 amide bonds. The maximum Gasteiger partial charge on any atom is 0.411 e. The molecule has 0 bridgehead atoms. The maximum atomic E-state index is 12.6. The summed E-state index contributed by atoms with van der Waals surface area (Å²) in [5.41, 5.74) is 9.22. The van der Waals surface area contributed by atoms with E-state index < -0.39 is 6.09 Å². The summed E-state index contributed by atoms with van der Waals surface area (Å²) < 4.78 is 0. The number of fused-ring (bicyclic) bond motifs is 1. The van der Waals surface area contributed by atoms with E-state index in [2.05, 4.69) is 0 Å². The highest BCUT2D eigenvalue weighted by molar-refractivity contribution is 6.03. The lowest BCUT2D eigenvalue weighted by atomic mass is 9.99. The molecule has 2 aliphatic heterocycles. The van der Waals surface area contributed by atoms with Crippen LogP contribution >= 0.6 is 0 Å². The fourth-order valence-electron chi connectivity index (χ4n) is 4.43. The molecule has 1 saturated heterocycles. The molecular formula is C23H26N4O4. The first-order chi connectivity index (χ1) is 14.8. The molecule has 2 aliphatic rings. The second-order valence-corrected chi connectivity index (χ2v) is 8.21. The molecule has 2 atom stereocenters. The summed E-state index contributed by atoms with van der Waals surface area (Å²) in [5.74, 6) is -0.163. The molecule has 0 aliphatic carbocycles. The second kappa shape index (κ2) is 8.03. The predicted molar refractivity (Wildman–Crippen MR) is 118 cm³/mol. The number of hydrogen-bond acceptors (Lipinski definition) is 4. The SMILES string of the molecule is CC(=O)N1c2ccc(-c3ccc(C(=O)N4CC[C@H](N)C4)cc3)cc2N(C(=O)O)C[C@@H]1C. The van der Waals surface area contributed by atoms with Gasteiger partial charge < -0.3 is 20.6 Å². The minimum absolute atomic E-state index is 0.0342. The Morgan fingerprint density at radius 3 is 2.26 bits per heavy atom. The third-order valence-corrected chi connectivity index (χ3v) is 5.96. The molecule has 0 saturated carbocycles. The summed E-state index contributed by atoms with van der Waals surface area (Å²) in [7, 11) is 0. The van der Waals surface area contributed by atoms with Crippen molar-refractivity contribution in [1.29, 1.82) is 0 Å². The van der Waals surface area contributed by atoms with Crippen molar-refractivity contribution in [2.45, 2.75) is 32.4 Å². The van der Waals surface area contributed by atoms with Gasteiger partial charge >= 0.3 is 6.09 Å². The lowest BCUT2D eigenvalue weighted by Crippen LogP contribution is -2.51. The largest absolute Gasteiger partial charge is 0.465 e. The zero-order valence-electron chi connectivity index (χ0n) is 17.6. The Labute approximate surface area is 180 Å². The van der Waals surface area contributed by atoms with E-state index in [0.717, 1.165) is 17.5 Å². The van der Waals surface area contributed by atoms with Crippen molar-refractivity contribution in [3.8, 4) is 11.1 Å². The quantitative estimate of drug-likeness (QED) is 0.774. The highest BCUT2D eigenvalue weighted by Crippen LogP contribution is 2.39. The molecule has 3 N–H and O–H groups in total. The van der Waals surface area contributed by atoms with Crippen molar-refractivity contribution >= 4 is 29.3 Å². The van der Waals surface area contributed by atoms with E-state index in [1.165, 1.54) is 11.8 Å². The molecule has 4 rings (SSSR count). The van der Waals surface area contributed by atoms with Crippen molar-refractivity contribution in [2.24, 2.45) is 5.73 Å². The number of benzene rings is 2. The van der Waals surface area contributed by atoms with Crippen LogP contribution in [0.5, 0.6) is 0 Å². The average molecular weight is 422 g/mol. The van der Waals surface area contributed by atoms with Gasteiger partial charge in [0.05, 0.1) is 17.4 Å². The Bertz CT molecular complexity index is 1040. The van der Waals surface area contributed by atoms with Gasteiger partial charge in [0.2, 0.25) is 5.91 Å². The van der Waals surface area contributed by atoms with Crippen molar-refractivity contribution in [3.05, 3.63) is 48.0 Å². The van der Waals surface area contributed by atoms with Gasteiger partial charge in [-0.15, -0.1) is 0 Å². The van der Waals surface area contributed by atoms with E-state index in [1.54, 1.807) is 34.1 Å². The van der Waals surface area contributed by atoms with Crippen molar-refractivity contribution < 1.29 is 19.5 Å². The molecule has 0 aromatic heterocycles. The number of nitrogens with zero attached hydrogens (tertiary/aromatic N) is 3. The Balaban J connectivity index is 1.65. The number of carbonyl (C=O) groups excluding carboxylic acids is 2. The fraction of sp³-hybridized carbons (Fsp3) is 0.348. The molecule has 162 valence electrons. The summed E-state index contributed by atoms with van der Waals surface area (Å²) in [5, 5.41) is 9.68. The van der Waals surface area contributed by atoms with Crippen molar-refractivity contribution in [2.75, 3.05) is 29.4 Å². The van der Waals surface area contributed by atoms with Crippen LogP contribution in [0.2, 0.25) is 0 Å². The smallest absolute Gasteiger partial charge is 0.411 e. The molecule has 1 fully saturated rings. The van der Waals surface area contributed by atoms with Crippen molar-refractivity contribution in [3.63, 3.8) is 0 Å². The third kappa shape index (κ3) is 3.86. The Hall–Kier alpha value is -3.39. The van der Waals surface area contributed by atoms with Gasteiger partial charge in [-0.3, -0.25) is 14.5 Å². The minimum atomic E-state index is -1.06. The van der Waals surface area contributed by atoms with Gasteiger partial charge in [0, 0.05) is 38.2 Å². The third-order valence-electron chi connectivity index (χ3n) is 5.96. The van der Waals surface area contributed by atoms with Gasteiger partial charge in [-0.2, -0.15) is 0 Å². The van der Waals surface area contributed by atoms with Crippen LogP contribution in [-0.2, 0) is 4.79 Å². The van der Waals surface area contributed by atoms with E-state index in [0.29, 0.717) is 30.0 Å². The lowest BCUT2D eigenvalue weighted by Gasteiger charge is -2.39. The van der Waals surface area contributed by atoms with Crippen LogP contribution in [0.4, 0.5) is 16.2 Å². The topological polar surface area (TPSA) is 107 Å². The molecule has 31 heavy (non-hydrogen) atoms. The van der Waals surface area contributed by atoms with Crippen LogP contribution in [0.1, 0.15) is 30.6 Å². The zero-order chi connectivity index (χ0) is 22.3. The van der Waals surface area contributed by atoms with E-state index in [-0.39, 0.29) is 30.4 Å². The van der Waals surface area contributed by atoms with Gasteiger partial charge in [-0.25, -0.2) is 4.79 Å². The first kappa shape index (κ1) is 20.9. The number of nitrogens with two attached hydrogens (primary N) is 1. The molecule has 8 nitrogen and oxygen atoms in total. The summed E-state index contributed by atoms with van der Waals surface area (Å²) in [4.78, 5) is 41.3. The molecule has 0 unspecified atom stereocenters. The normalized spacial score (nSPS) is 20.5. The maximum absolute atomic E-state index is 12.6. The van der Waals surface area contributed by atoms with Crippen LogP contribution in [0.25, 0.3) is 11.1 Å². The van der Waals surface area contributed by atoms with Gasteiger partial charge in [0.25, 0.3) is 5.91 Å². The Morgan fingerprint density at radius 1 is 1.00 bits per heavy atom. The van der Waals surface area contributed by atoms with Crippen LogP contribution in [0.3, 0.4) is 0 Å². The monoisotopic (exact) mass is 422 g/mol. The molecule has 2 heterocycles. The molecular weight excluding hydrogens is 396 g/mol. The summed E-state index contributed by atoms with van der Waals surface area (Å²) >= 11 is 0. The second-order valence-electron chi connectivity index (χ2n) is 8.21. The number of carbonyl (C=O) groups is 3. The van der Waals surface area contributed by atoms with Gasteiger partial charge in [-0.1, -0.05) is 18.2 Å². The Morgan fingerprint density at radius 2 is 1.68 bits per heavy atom. The van der Waals surface area contributed by atoms with E-state index >= 15 is 0 Å². The summed E-state index contributed by atoms with van der Waals surface area (Å²) in [6.45, 7) is 4.76. The summed E-state index contributed by atoms with van der Waals surface area (Å²) in [6, 6.07) is 12.5. The number of likely N-dealkylation sites (tertiary alicyclic amines) is 1. The minimum Gasteiger partial charge on any atom is -0.465 e. The zero-order valence-corrected chi connectivity index (χ0v) is 17.6. The number of carboxylic acid groups (broad SMARTS) is 1. The van der Waals surface area contributed by atoms with Crippen LogP contribution < -0.4 is 15.5 Å². The van der Waals surface area contributed by atoms with Crippen LogP contribution in [0, 0.1) is 0 Å². The average Bonchev–Trinajstić information content (AvgIpc) is 3.18. The van der Waals surface area contributed by atoms with E-state index in [1.807, 2.05) is 25.1 Å². The molecule has 0 spiro atoms. The number of rotatable bonds is 2. The molecule has 2 aromatic rings. The van der Waals surface area contributed by atoms with Gasteiger partial charge in [0.15, 0.2) is 0 Å². The van der Waals surface area contributed by atoms with E-state index in [4.69, 9.17) is 5.73 Å². The summed E-state index contributed by atoms with van der Waals surface area (Å²) in [6.07, 6.45) is -0.243. The predicted octanol–water partition coefficient (Wildman–Crippen LogP) is 2.77. The number of amides is 3. The van der Waals surface area contributed by atoms with Crippen LogP contribution in [-0.4, -0.2) is 59.6 Å². The molecule has 0 radical (unpaired) electrons. The fourth-order valence-corrected chi connectivity index (χ4v) is 4.43. The first-order valence-electron chi connectivity index (χ1n) is 10.4. The Kier molecular flexibility index (Phi) is 5.41. The van der Waals surface area contributed by atoms with Crippen LogP contribution in [0.15, 0.2) is 42.5 Å².